The monoisotopic (exact) mass is 501 g/mol. The van der Waals surface area contributed by atoms with Gasteiger partial charge in [-0.05, 0) is 71.3 Å². The van der Waals surface area contributed by atoms with Crippen LogP contribution in [0.3, 0.4) is 0 Å². The number of hydrogen-bond acceptors (Lipinski definition) is 3. The van der Waals surface area contributed by atoms with Crippen LogP contribution >= 0.6 is 24.0 Å². The van der Waals surface area contributed by atoms with E-state index >= 15 is 0 Å². The summed E-state index contributed by atoms with van der Waals surface area (Å²) in [7, 11) is 6.28. The Morgan fingerprint density at radius 2 is 1.82 bits per heavy atom. The number of piperidine rings is 1. The molecule has 0 aliphatic carbocycles. The van der Waals surface area contributed by atoms with E-state index in [4.69, 9.17) is 0 Å². The SMILES string of the molecule is CN=C(NCCC1CCN(C)CC1)NCCC(C)N(C)Cc1ccccc1.I. The molecule has 0 radical (unpaired) electrons. The zero-order valence-corrected chi connectivity index (χ0v) is 20.5. The first kappa shape index (κ1) is 25.2. The molecular weight excluding hydrogens is 461 g/mol. The third kappa shape index (κ3) is 9.56. The van der Waals surface area contributed by atoms with Crippen LogP contribution in [-0.2, 0) is 6.54 Å². The van der Waals surface area contributed by atoms with Gasteiger partial charge in [-0.1, -0.05) is 30.3 Å². The number of nitrogens with one attached hydrogen (secondary N) is 2. The van der Waals surface area contributed by atoms with Crippen LogP contribution in [0.1, 0.15) is 38.2 Å². The summed E-state index contributed by atoms with van der Waals surface area (Å²) in [6, 6.07) is 11.2. The lowest BCUT2D eigenvalue weighted by molar-refractivity contribution is 0.213. The fourth-order valence-corrected chi connectivity index (χ4v) is 3.61. The van der Waals surface area contributed by atoms with Gasteiger partial charge >= 0.3 is 0 Å². The van der Waals surface area contributed by atoms with E-state index in [0.717, 1.165) is 37.9 Å². The molecule has 2 rings (SSSR count). The fourth-order valence-electron chi connectivity index (χ4n) is 3.61. The van der Waals surface area contributed by atoms with Gasteiger partial charge in [0.2, 0.25) is 0 Å². The van der Waals surface area contributed by atoms with Crippen molar-refractivity contribution in [1.29, 1.82) is 0 Å². The van der Waals surface area contributed by atoms with Gasteiger partial charge in [-0.3, -0.25) is 9.89 Å². The molecule has 1 aromatic rings. The molecule has 1 unspecified atom stereocenters. The van der Waals surface area contributed by atoms with Gasteiger partial charge in [-0.25, -0.2) is 0 Å². The Kier molecular flexibility index (Phi) is 12.7. The second-order valence-electron chi connectivity index (χ2n) is 8.00. The van der Waals surface area contributed by atoms with Gasteiger partial charge in [0.05, 0.1) is 0 Å². The molecule has 1 atom stereocenters. The fraction of sp³-hybridized carbons (Fsp3) is 0.682. The smallest absolute Gasteiger partial charge is 0.190 e. The maximum absolute atomic E-state index is 4.36. The van der Waals surface area contributed by atoms with Crippen molar-refractivity contribution in [2.24, 2.45) is 10.9 Å². The summed E-state index contributed by atoms with van der Waals surface area (Å²) in [5, 5.41) is 6.95. The van der Waals surface area contributed by atoms with Gasteiger partial charge in [0.1, 0.15) is 0 Å². The Morgan fingerprint density at radius 1 is 1.18 bits per heavy atom. The van der Waals surface area contributed by atoms with E-state index in [-0.39, 0.29) is 24.0 Å². The number of halogens is 1. The maximum Gasteiger partial charge on any atom is 0.190 e. The molecule has 0 aromatic heterocycles. The average Bonchev–Trinajstić information content (AvgIpc) is 2.68. The lowest BCUT2D eigenvalue weighted by atomic mass is 9.94. The van der Waals surface area contributed by atoms with Crippen molar-refractivity contribution in [3.05, 3.63) is 35.9 Å². The molecule has 1 fully saturated rings. The molecule has 28 heavy (non-hydrogen) atoms. The van der Waals surface area contributed by atoms with E-state index in [1.807, 2.05) is 7.05 Å². The van der Waals surface area contributed by atoms with Gasteiger partial charge in [-0.2, -0.15) is 0 Å². The van der Waals surface area contributed by atoms with Crippen LogP contribution in [0.15, 0.2) is 35.3 Å². The van der Waals surface area contributed by atoms with E-state index < -0.39 is 0 Å². The van der Waals surface area contributed by atoms with Crippen LogP contribution in [0.25, 0.3) is 0 Å². The topological polar surface area (TPSA) is 42.9 Å². The van der Waals surface area contributed by atoms with E-state index in [0.29, 0.717) is 6.04 Å². The Hall–Kier alpha value is -0.860. The summed E-state index contributed by atoms with van der Waals surface area (Å²) < 4.78 is 0. The summed E-state index contributed by atoms with van der Waals surface area (Å²) in [6.45, 7) is 7.72. The molecule has 1 aliphatic rings. The Morgan fingerprint density at radius 3 is 2.46 bits per heavy atom. The zero-order valence-electron chi connectivity index (χ0n) is 18.2. The molecule has 0 spiro atoms. The first-order valence-electron chi connectivity index (χ1n) is 10.5. The van der Waals surface area contributed by atoms with Crippen LogP contribution in [0.5, 0.6) is 0 Å². The summed E-state index contributed by atoms with van der Waals surface area (Å²) in [4.78, 5) is 9.21. The first-order valence-corrected chi connectivity index (χ1v) is 10.5. The van der Waals surface area contributed by atoms with Crippen molar-refractivity contribution >= 4 is 29.9 Å². The highest BCUT2D eigenvalue weighted by Gasteiger charge is 2.16. The molecule has 5 nitrogen and oxygen atoms in total. The van der Waals surface area contributed by atoms with Crippen molar-refractivity contribution in [2.45, 2.75) is 45.2 Å². The van der Waals surface area contributed by atoms with E-state index in [9.17, 15) is 0 Å². The molecular formula is C22H40IN5. The van der Waals surface area contributed by atoms with Gasteiger partial charge in [0, 0.05) is 32.7 Å². The summed E-state index contributed by atoms with van der Waals surface area (Å²) >= 11 is 0. The summed E-state index contributed by atoms with van der Waals surface area (Å²) in [5.41, 5.74) is 1.37. The molecule has 0 amide bonds. The van der Waals surface area contributed by atoms with Gasteiger partial charge < -0.3 is 15.5 Å². The van der Waals surface area contributed by atoms with Crippen LogP contribution < -0.4 is 10.6 Å². The van der Waals surface area contributed by atoms with Gasteiger partial charge in [-0.15, -0.1) is 24.0 Å². The van der Waals surface area contributed by atoms with E-state index in [2.05, 4.69) is 76.8 Å². The summed E-state index contributed by atoms with van der Waals surface area (Å²) in [5.74, 6) is 1.79. The van der Waals surface area contributed by atoms with Crippen LogP contribution in [-0.4, -0.2) is 69.1 Å². The van der Waals surface area contributed by atoms with Crippen molar-refractivity contribution in [3.63, 3.8) is 0 Å². The second kappa shape index (κ2) is 14.2. The lowest BCUT2D eigenvalue weighted by Crippen LogP contribution is -2.41. The molecule has 0 bridgehead atoms. The molecule has 6 heteroatoms. The van der Waals surface area contributed by atoms with Crippen LogP contribution in [0.4, 0.5) is 0 Å². The Labute approximate surface area is 189 Å². The number of aliphatic imine (C=N–C) groups is 1. The van der Waals surface area contributed by atoms with Gasteiger partial charge in [0.25, 0.3) is 0 Å². The zero-order chi connectivity index (χ0) is 19.5. The van der Waals surface area contributed by atoms with Crippen molar-refractivity contribution in [3.8, 4) is 0 Å². The number of likely N-dealkylation sites (tertiary alicyclic amines) is 1. The molecule has 1 aromatic carbocycles. The largest absolute Gasteiger partial charge is 0.356 e. The Balaban J connectivity index is 0.00000392. The first-order chi connectivity index (χ1) is 13.1. The quantitative estimate of drug-likeness (QED) is 0.309. The van der Waals surface area contributed by atoms with Crippen molar-refractivity contribution < 1.29 is 0 Å². The maximum atomic E-state index is 4.36. The predicted octanol–water partition coefficient (Wildman–Crippen LogP) is 3.41. The molecule has 2 N–H and O–H groups in total. The third-order valence-electron chi connectivity index (χ3n) is 5.79. The number of guanidine groups is 1. The van der Waals surface area contributed by atoms with Crippen LogP contribution in [0.2, 0.25) is 0 Å². The van der Waals surface area contributed by atoms with Crippen molar-refractivity contribution in [1.82, 2.24) is 20.4 Å². The standard InChI is InChI=1S/C22H39N5.HI/c1-19(27(4)18-21-8-6-5-7-9-21)10-14-24-22(23-2)25-15-11-20-12-16-26(3)17-13-20;/h5-9,19-20H,10-18H2,1-4H3,(H2,23,24,25);1H. The highest BCUT2D eigenvalue weighted by atomic mass is 127. The molecule has 160 valence electrons. The van der Waals surface area contributed by atoms with E-state index in [1.165, 1.54) is 37.9 Å². The highest BCUT2D eigenvalue weighted by Crippen LogP contribution is 2.18. The predicted molar refractivity (Wildman–Crippen MR) is 132 cm³/mol. The normalized spacial score (nSPS) is 17.2. The number of benzene rings is 1. The third-order valence-corrected chi connectivity index (χ3v) is 5.79. The molecule has 1 saturated heterocycles. The molecule has 1 aliphatic heterocycles. The number of hydrogen-bond donors (Lipinski definition) is 2. The lowest BCUT2D eigenvalue weighted by Gasteiger charge is -2.29. The van der Waals surface area contributed by atoms with Gasteiger partial charge in [0.15, 0.2) is 5.96 Å². The number of rotatable bonds is 9. The minimum atomic E-state index is 0. The Bertz CT molecular complexity index is 543. The van der Waals surface area contributed by atoms with Crippen LogP contribution in [0, 0.1) is 5.92 Å². The second-order valence-corrected chi connectivity index (χ2v) is 8.00. The number of nitrogens with zero attached hydrogens (tertiary/aromatic N) is 3. The molecule has 0 saturated carbocycles. The minimum Gasteiger partial charge on any atom is -0.356 e. The van der Waals surface area contributed by atoms with Crippen molar-refractivity contribution in [2.75, 3.05) is 47.3 Å². The summed E-state index contributed by atoms with van der Waals surface area (Å²) in [6.07, 6.45) is 4.99. The molecule has 1 heterocycles. The highest BCUT2D eigenvalue weighted by molar-refractivity contribution is 14.0. The average molecular weight is 502 g/mol. The minimum absolute atomic E-state index is 0. The van der Waals surface area contributed by atoms with E-state index in [1.54, 1.807) is 0 Å².